The molecule has 0 aliphatic carbocycles. The molecule has 0 fully saturated rings. The van der Waals surface area contributed by atoms with Crippen molar-refractivity contribution in [1.82, 2.24) is 14.8 Å². The lowest BCUT2D eigenvalue weighted by molar-refractivity contribution is 0.102. The molecule has 0 atom stereocenters. The highest BCUT2D eigenvalue weighted by molar-refractivity contribution is 7.15. The number of para-hydroxylation sites is 1. The standard InChI is InChI=1S/C21H20N4O2S/c1-3-27-16-10-8-14(9-11-16)20(26)22-21-24-23-19(28-21)12-15-13-25(2)18-7-5-4-6-17(15)18/h4-11,13H,3,12H2,1-2H3,(H,22,24,26). The van der Waals surface area contributed by atoms with Gasteiger partial charge < -0.3 is 9.30 Å². The number of benzene rings is 2. The molecule has 2 heterocycles. The van der Waals surface area contributed by atoms with E-state index in [2.05, 4.69) is 38.4 Å². The van der Waals surface area contributed by atoms with Crippen molar-refractivity contribution in [3.8, 4) is 5.75 Å². The third-order valence-corrected chi connectivity index (χ3v) is 5.27. The van der Waals surface area contributed by atoms with Crippen LogP contribution in [0, 0.1) is 0 Å². The van der Waals surface area contributed by atoms with Gasteiger partial charge in [-0.2, -0.15) is 0 Å². The molecule has 0 spiro atoms. The number of fused-ring (bicyclic) bond motifs is 1. The number of rotatable bonds is 6. The van der Waals surface area contributed by atoms with Gasteiger partial charge in [0.25, 0.3) is 5.91 Å². The quantitative estimate of drug-likeness (QED) is 0.532. The number of anilines is 1. The summed E-state index contributed by atoms with van der Waals surface area (Å²) in [4.78, 5) is 12.4. The van der Waals surface area contributed by atoms with Crippen LogP contribution in [0.25, 0.3) is 10.9 Å². The summed E-state index contributed by atoms with van der Waals surface area (Å²) in [7, 11) is 2.04. The molecule has 1 amide bonds. The molecule has 0 saturated carbocycles. The van der Waals surface area contributed by atoms with Gasteiger partial charge in [0.15, 0.2) is 0 Å². The van der Waals surface area contributed by atoms with Crippen molar-refractivity contribution in [1.29, 1.82) is 0 Å². The zero-order valence-electron chi connectivity index (χ0n) is 15.7. The maximum atomic E-state index is 12.4. The van der Waals surface area contributed by atoms with Crippen molar-refractivity contribution in [3.05, 3.63) is 70.9 Å². The second-order valence-electron chi connectivity index (χ2n) is 6.37. The first kappa shape index (κ1) is 18.2. The largest absolute Gasteiger partial charge is 0.494 e. The fourth-order valence-corrected chi connectivity index (χ4v) is 3.90. The first-order chi connectivity index (χ1) is 13.6. The zero-order chi connectivity index (χ0) is 19.5. The summed E-state index contributed by atoms with van der Waals surface area (Å²) >= 11 is 1.39. The van der Waals surface area contributed by atoms with Crippen LogP contribution in [0.5, 0.6) is 5.75 Å². The van der Waals surface area contributed by atoms with Gasteiger partial charge in [-0.25, -0.2) is 0 Å². The topological polar surface area (TPSA) is 69.0 Å². The smallest absolute Gasteiger partial charge is 0.257 e. The van der Waals surface area contributed by atoms with Crippen LogP contribution in [0.4, 0.5) is 5.13 Å². The van der Waals surface area contributed by atoms with Crippen molar-refractivity contribution in [2.24, 2.45) is 7.05 Å². The zero-order valence-corrected chi connectivity index (χ0v) is 16.5. The summed E-state index contributed by atoms with van der Waals surface area (Å²) in [5.41, 5.74) is 2.93. The predicted molar refractivity (Wildman–Crippen MR) is 111 cm³/mol. The van der Waals surface area contributed by atoms with Gasteiger partial charge in [-0.15, -0.1) is 10.2 Å². The minimum atomic E-state index is -0.212. The van der Waals surface area contributed by atoms with Crippen LogP contribution in [-0.2, 0) is 13.5 Å². The molecule has 142 valence electrons. The Morgan fingerprint density at radius 1 is 1.14 bits per heavy atom. The van der Waals surface area contributed by atoms with Crippen LogP contribution in [0.2, 0.25) is 0 Å². The summed E-state index contributed by atoms with van der Waals surface area (Å²) < 4.78 is 7.51. The maximum Gasteiger partial charge on any atom is 0.257 e. The van der Waals surface area contributed by atoms with Gasteiger partial charge in [-0.3, -0.25) is 10.1 Å². The molecular formula is C21H20N4O2S. The molecule has 28 heavy (non-hydrogen) atoms. The number of hydrogen-bond donors (Lipinski definition) is 1. The number of carbonyl (C=O) groups is 1. The third kappa shape index (κ3) is 3.75. The van der Waals surface area contributed by atoms with Gasteiger partial charge >= 0.3 is 0 Å². The van der Waals surface area contributed by atoms with Gasteiger partial charge in [0.2, 0.25) is 5.13 Å². The van der Waals surface area contributed by atoms with E-state index in [1.807, 2.05) is 26.1 Å². The summed E-state index contributed by atoms with van der Waals surface area (Å²) in [6, 6.07) is 15.3. The summed E-state index contributed by atoms with van der Waals surface area (Å²) in [5, 5.41) is 13.7. The number of carbonyl (C=O) groups excluding carboxylic acids is 1. The van der Waals surface area contributed by atoms with Crippen LogP contribution in [0.15, 0.2) is 54.7 Å². The van der Waals surface area contributed by atoms with E-state index in [1.165, 1.54) is 27.8 Å². The SMILES string of the molecule is CCOc1ccc(C(=O)Nc2nnc(Cc3cn(C)c4ccccc34)s2)cc1. The Balaban J connectivity index is 1.46. The molecule has 2 aromatic carbocycles. The van der Waals surface area contributed by atoms with Crippen LogP contribution >= 0.6 is 11.3 Å². The van der Waals surface area contributed by atoms with E-state index in [0.29, 0.717) is 23.7 Å². The average molecular weight is 392 g/mol. The Hall–Kier alpha value is -3.19. The van der Waals surface area contributed by atoms with Gasteiger partial charge in [0.1, 0.15) is 10.8 Å². The third-order valence-electron chi connectivity index (χ3n) is 4.44. The lowest BCUT2D eigenvalue weighted by Gasteiger charge is -2.04. The van der Waals surface area contributed by atoms with Crippen molar-refractivity contribution in [2.45, 2.75) is 13.3 Å². The van der Waals surface area contributed by atoms with Crippen LogP contribution in [0.1, 0.15) is 27.9 Å². The number of nitrogens with zero attached hydrogens (tertiary/aromatic N) is 3. The first-order valence-electron chi connectivity index (χ1n) is 9.03. The summed E-state index contributed by atoms with van der Waals surface area (Å²) in [5.74, 6) is 0.531. The van der Waals surface area contributed by atoms with Crippen molar-refractivity contribution in [2.75, 3.05) is 11.9 Å². The lowest BCUT2D eigenvalue weighted by atomic mass is 10.1. The van der Waals surface area contributed by atoms with Crippen LogP contribution < -0.4 is 10.1 Å². The van der Waals surface area contributed by atoms with Crippen molar-refractivity contribution < 1.29 is 9.53 Å². The van der Waals surface area contributed by atoms with E-state index >= 15 is 0 Å². The van der Waals surface area contributed by atoms with Crippen LogP contribution in [0.3, 0.4) is 0 Å². The second kappa shape index (κ2) is 7.82. The fourth-order valence-electron chi connectivity index (χ4n) is 3.14. The molecule has 4 rings (SSSR count). The Bertz CT molecular complexity index is 1120. The highest BCUT2D eigenvalue weighted by Gasteiger charge is 2.13. The normalized spacial score (nSPS) is 10.9. The van der Waals surface area contributed by atoms with E-state index in [9.17, 15) is 4.79 Å². The highest BCUT2D eigenvalue weighted by Crippen LogP contribution is 2.25. The Morgan fingerprint density at radius 2 is 1.93 bits per heavy atom. The number of amides is 1. The molecule has 1 N–H and O–H groups in total. The predicted octanol–water partition coefficient (Wildman–Crippen LogP) is 4.27. The fraction of sp³-hybridized carbons (Fsp3) is 0.190. The molecule has 2 aromatic heterocycles. The van der Waals surface area contributed by atoms with E-state index in [-0.39, 0.29) is 5.91 Å². The Kier molecular flexibility index (Phi) is 5.08. The van der Waals surface area contributed by atoms with Gasteiger partial charge in [0.05, 0.1) is 6.61 Å². The molecule has 0 unspecified atom stereocenters. The molecule has 4 aromatic rings. The maximum absolute atomic E-state index is 12.4. The van der Waals surface area contributed by atoms with Crippen molar-refractivity contribution >= 4 is 33.3 Å². The molecule has 0 radical (unpaired) electrons. The van der Waals surface area contributed by atoms with E-state index in [0.717, 1.165) is 10.8 Å². The molecule has 7 heteroatoms. The number of ether oxygens (including phenoxy) is 1. The minimum Gasteiger partial charge on any atom is -0.494 e. The van der Waals surface area contributed by atoms with E-state index in [4.69, 9.17) is 4.74 Å². The molecule has 6 nitrogen and oxygen atoms in total. The molecular weight excluding hydrogens is 372 g/mol. The number of nitrogens with one attached hydrogen (secondary N) is 1. The number of aryl methyl sites for hydroxylation is 1. The second-order valence-corrected chi connectivity index (χ2v) is 7.43. The highest BCUT2D eigenvalue weighted by atomic mass is 32.1. The summed E-state index contributed by atoms with van der Waals surface area (Å²) in [6.07, 6.45) is 2.79. The number of aromatic nitrogens is 3. The number of hydrogen-bond acceptors (Lipinski definition) is 5. The van der Waals surface area contributed by atoms with Gasteiger partial charge in [-0.1, -0.05) is 29.5 Å². The molecule has 0 aliphatic heterocycles. The molecule has 0 saturated heterocycles. The van der Waals surface area contributed by atoms with Crippen LogP contribution in [-0.4, -0.2) is 27.3 Å². The minimum absolute atomic E-state index is 0.212. The van der Waals surface area contributed by atoms with Crippen molar-refractivity contribution in [3.63, 3.8) is 0 Å². The van der Waals surface area contributed by atoms with E-state index < -0.39 is 0 Å². The lowest BCUT2D eigenvalue weighted by Crippen LogP contribution is -2.11. The Morgan fingerprint density at radius 3 is 2.71 bits per heavy atom. The Labute approximate surface area is 166 Å². The molecule has 0 aliphatic rings. The monoisotopic (exact) mass is 392 g/mol. The average Bonchev–Trinajstić information content (AvgIpc) is 3.27. The van der Waals surface area contributed by atoms with Gasteiger partial charge in [0, 0.05) is 36.1 Å². The van der Waals surface area contributed by atoms with E-state index in [1.54, 1.807) is 24.3 Å². The summed E-state index contributed by atoms with van der Waals surface area (Å²) in [6.45, 7) is 2.52. The van der Waals surface area contributed by atoms with Gasteiger partial charge in [-0.05, 0) is 42.8 Å². The molecule has 0 bridgehead atoms. The first-order valence-corrected chi connectivity index (χ1v) is 9.85.